The number of rotatable bonds is 2. The van der Waals surface area contributed by atoms with Crippen LogP contribution in [-0.4, -0.2) is 41.0 Å². The van der Waals surface area contributed by atoms with Crippen LogP contribution in [0.1, 0.15) is 30.0 Å². The molecule has 5 rings (SSSR count). The molecule has 2 amide bonds. The lowest BCUT2D eigenvalue weighted by atomic mass is 9.90. The van der Waals surface area contributed by atoms with Crippen LogP contribution in [0.5, 0.6) is 0 Å². The lowest BCUT2D eigenvalue weighted by Gasteiger charge is -2.38. The SMILES string of the molecule is Cc1ccc([C@@H]2[C@@H]3C(=O)N(c4ccccc4)C(=O)[C@@H]3N3CCCCN23)cc1. The van der Waals surface area contributed by atoms with Gasteiger partial charge in [-0.05, 0) is 37.5 Å². The Morgan fingerprint density at radius 2 is 1.41 bits per heavy atom. The molecule has 3 fully saturated rings. The van der Waals surface area contributed by atoms with E-state index < -0.39 is 0 Å². The van der Waals surface area contributed by atoms with Crippen molar-refractivity contribution in [3.63, 3.8) is 0 Å². The van der Waals surface area contributed by atoms with E-state index >= 15 is 0 Å². The van der Waals surface area contributed by atoms with Crippen LogP contribution in [0.15, 0.2) is 54.6 Å². The number of nitrogens with zero attached hydrogens (tertiary/aromatic N) is 3. The summed E-state index contributed by atoms with van der Waals surface area (Å²) in [5.41, 5.74) is 2.99. The summed E-state index contributed by atoms with van der Waals surface area (Å²) >= 11 is 0. The number of carbonyl (C=O) groups is 2. The van der Waals surface area contributed by atoms with Crippen molar-refractivity contribution in [2.45, 2.75) is 31.8 Å². The Kier molecular flexibility index (Phi) is 3.88. The minimum absolute atomic E-state index is 0.0685. The molecule has 0 bridgehead atoms. The smallest absolute Gasteiger partial charge is 0.253 e. The van der Waals surface area contributed by atoms with E-state index in [2.05, 4.69) is 41.2 Å². The van der Waals surface area contributed by atoms with Crippen LogP contribution >= 0.6 is 0 Å². The molecule has 0 N–H and O–H groups in total. The van der Waals surface area contributed by atoms with E-state index in [9.17, 15) is 9.59 Å². The zero-order chi connectivity index (χ0) is 18.5. The van der Waals surface area contributed by atoms with Gasteiger partial charge in [-0.25, -0.2) is 14.9 Å². The molecule has 27 heavy (non-hydrogen) atoms. The molecule has 2 aromatic rings. The fourth-order valence-corrected chi connectivity index (χ4v) is 4.86. The number of para-hydroxylation sites is 1. The molecule has 3 heterocycles. The third kappa shape index (κ3) is 2.46. The van der Waals surface area contributed by atoms with Gasteiger partial charge in [-0.1, -0.05) is 48.0 Å². The standard InChI is InChI=1S/C22H23N3O2/c1-15-9-11-16(12-10-15)19-18-20(24-14-6-5-13-23(19)24)22(27)25(21(18)26)17-7-3-2-4-8-17/h2-4,7-12,18-20H,5-6,13-14H2,1H3/t18-,19+,20+/m0/s1. The second-order valence-corrected chi connectivity index (χ2v) is 7.71. The lowest BCUT2D eigenvalue weighted by molar-refractivity contribution is -0.130. The first-order valence-electron chi connectivity index (χ1n) is 9.69. The fourth-order valence-electron chi connectivity index (χ4n) is 4.86. The molecule has 5 heteroatoms. The van der Waals surface area contributed by atoms with E-state index in [0.29, 0.717) is 5.69 Å². The average molecular weight is 361 g/mol. The van der Waals surface area contributed by atoms with Crippen LogP contribution < -0.4 is 4.90 Å². The molecule has 0 aromatic heterocycles. The van der Waals surface area contributed by atoms with E-state index in [1.165, 1.54) is 10.5 Å². The number of aryl methyl sites for hydroxylation is 1. The number of anilines is 1. The summed E-state index contributed by atoms with van der Waals surface area (Å²) in [5, 5.41) is 4.45. The van der Waals surface area contributed by atoms with Crippen molar-refractivity contribution in [2.24, 2.45) is 5.92 Å². The van der Waals surface area contributed by atoms with Gasteiger partial charge in [0.25, 0.3) is 5.91 Å². The number of hydrogen-bond acceptors (Lipinski definition) is 4. The van der Waals surface area contributed by atoms with Gasteiger partial charge in [-0.2, -0.15) is 0 Å². The maximum absolute atomic E-state index is 13.4. The van der Waals surface area contributed by atoms with Gasteiger partial charge in [0.05, 0.1) is 17.6 Å². The molecule has 5 nitrogen and oxygen atoms in total. The third-order valence-electron chi connectivity index (χ3n) is 6.09. The van der Waals surface area contributed by atoms with Gasteiger partial charge in [0, 0.05) is 13.1 Å². The first-order chi connectivity index (χ1) is 13.2. The van der Waals surface area contributed by atoms with Crippen LogP contribution in [0.3, 0.4) is 0 Å². The predicted molar refractivity (Wildman–Crippen MR) is 103 cm³/mol. The van der Waals surface area contributed by atoms with E-state index in [4.69, 9.17) is 0 Å². The van der Waals surface area contributed by atoms with Gasteiger partial charge in [0.15, 0.2) is 0 Å². The number of amides is 2. The Labute approximate surface area is 159 Å². The van der Waals surface area contributed by atoms with Crippen LogP contribution in [0.2, 0.25) is 0 Å². The summed E-state index contributed by atoms with van der Waals surface area (Å²) in [6, 6.07) is 17.3. The first-order valence-corrected chi connectivity index (χ1v) is 9.69. The second kappa shape index (κ2) is 6.29. The third-order valence-corrected chi connectivity index (χ3v) is 6.09. The van der Waals surface area contributed by atoms with Gasteiger partial charge >= 0.3 is 0 Å². The van der Waals surface area contributed by atoms with Crippen LogP contribution in [0.25, 0.3) is 0 Å². The van der Waals surface area contributed by atoms with Crippen molar-refractivity contribution in [2.75, 3.05) is 18.0 Å². The topological polar surface area (TPSA) is 43.9 Å². The number of benzene rings is 2. The first kappa shape index (κ1) is 16.7. The highest BCUT2D eigenvalue weighted by molar-refractivity contribution is 6.24. The minimum atomic E-state index is -0.385. The summed E-state index contributed by atoms with van der Waals surface area (Å²) in [5.74, 6) is -0.507. The van der Waals surface area contributed by atoms with Crippen LogP contribution in [0.4, 0.5) is 5.69 Å². The van der Waals surface area contributed by atoms with E-state index in [-0.39, 0.29) is 29.8 Å². The summed E-state index contributed by atoms with van der Waals surface area (Å²) < 4.78 is 0. The van der Waals surface area contributed by atoms with E-state index in [1.807, 2.05) is 30.3 Å². The maximum Gasteiger partial charge on any atom is 0.253 e. The summed E-state index contributed by atoms with van der Waals surface area (Å²) in [7, 11) is 0. The van der Waals surface area contributed by atoms with E-state index in [0.717, 1.165) is 31.5 Å². The van der Waals surface area contributed by atoms with Gasteiger partial charge in [0.2, 0.25) is 5.91 Å². The summed E-state index contributed by atoms with van der Waals surface area (Å²) in [4.78, 5) is 28.2. The molecule has 3 aliphatic rings. The summed E-state index contributed by atoms with van der Waals surface area (Å²) in [6.07, 6.45) is 2.16. The molecule has 0 saturated carbocycles. The summed E-state index contributed by atoms with van der Waals surface area (Å²) in [6.45, 7) is 3.80. The Hall–Kier alpha value is -2.50. The quantitative estimate of drug-likeness (QED) is 0.772. The van der Waals surface area contributed by atoms with Crippen LogP contribution in [-0.2, 0) is 9.59 Å². The molecule has 3 saturated heterocycles. The molecule has 138 valence electrons. The molecule has 0 radical (unpaired) electrons. The highest BCUT2D eigenvalue weighted by Crippen LogP contribution is 2.48. The normalized spacial score (nSPS) is 28.5. The molecule has 0 spiro atoms. The van der Waals surface area contributed by atoms with Crippen molar-refractivity contribution in [1.29, 1.82) is 0 Å². The van der Waals surface area contributed by atoms with Crippen molar-refractivity contribution in [3.05, 3.63) is 65.7 Å². The molecular weight excluding hydrogens is 338 g/mol. The Balaban J connectivity index is 1.59. The molecule has 0 aliphatic carbocycles. The average Bonchev–Trinajstić information content (AvgIpc) is 3.17. The Morgan fingerprint density at radius 1 is 0.778 bits per heavy atom. The number of carbonyl (C=O) groups excluding carboxylic acids is 2. The number of imide groups is 1. The van der Waals surface area contributed by atoms with Gasteiger partial charge in [0.1, 0.15) is 6.04 Å². The Bertz CT molecular complexity index is 880. The number of hydrazine groups is 1. The number of fused-ring (bicyclic) bond motifs is 3. The zero-order valence-corrected chi connectivity index (χ0v) is 15.4. The highest BCUT2D eigenvalue weighted by atomic mass is 16.2. The fraction of sp³-hybridized carbons (Fsp3) is 0.364. The zero-order valence-electron chi connectivity index (χ0n) is 15.4. The maximum atomic E-state index is 13.4. The highest BCUT2D eigenvalue weighted by Gasteiger charge is 2.62. The van der Waals surface area contributed by atoms with Gasteiger partial charge in [-0.3, -0.25) is 9.59 Å². The minimum Gasteiger partial charge on any atom is -0.274 e. The molecular formula is C22H23N3O2. The van der Waals surface area contributed by atoms with Crippen molar-refractivity contribution in [1.82, 2.24) is 10.0 Å². The molecule has 0 unspecified atom stereocenters. The molecule has 2 aromatic carbocycles. The molecule has 3 aliphatic heterocycles. The van der Waals surface area contributed by atoms with Gasteiger partial charge < -0.3 is 0 Å². The largest absolute Gasteiger partial charge is 0.274 e. The van der Waals surface area contributed by atoms with Crippen molar-refractivity contribution in [3.8, 4) is 0 Å². The predicted octanol–water partition coefficient (Wildman–Crippen LogP) is 2.92. The van der Waals surface area contributed by atoms with Crippen LogP contribution in [0, 0.1) is 12.8 Å². The Morgan fingerprint density at radius 3 is 2.07 bits per heavy atom. The van der Waals surface area contributed by atoms with Crippen molar-refractivity contribution >= 4 is 17.5 Å². The van der Waals surface area contributed by atoms with E-state index in [1.54, 1.807) is 0 Å². The molecule has 3 atom stereocenters. The number of hydrogen-bond donors (Lipinski definition) is 0. The van der Waals surface area contributed by atoms with Gasteiger partial charge in [-0.15, -0.1) is 0 Å². The second-order valence-electron chi connectivity index (χ2n) is 7.71. The monoisotopic (exact) mass is 361 g/mol. The van der Waals surface area contributed by atoms with Crippen molar-refractivity contribution < 1.29 is 9.59 Å². The lowest BCUT2D eigenvalue weighted by Crippen LogP contribution is -2.50.